The number of carbonyl (C=O) groups excluding carboxylic acids is 2. The third-order valence-electron chi connectivity index (χ3n) is 3.91. The molecule has 2 rings (SSSR count). The van der Waals surface area contributed by atoms with E-state index in [1.807, 2.05) is 13.8 Å². The van der Waals surface area contributed by atoms with Crippen LogP contribution in [0.1, 0.15) is 19.4 Å². The third kappa shape index (κ3) is 8.31. The topological polar surface area (TPSA) is 117 Å². The summed E-state index contributed by atoms with van der Waals surface area (Å²) < 4.78 is 31.2. The number of halogens is 1. The average Bonchev–Trinajstić information content (AvgIpc) is 2.71. The Hall–Kier alpha value is -2.92. The number of hydrazone groups is 1. The maximum atomic E-state index is 12.3. The highest BCUT2D eigenvalue weighted by Gasteiger charge is 2.22. The molecule has 0 aromatic heterocycles. The summed E-state index contributed by atoms with van der Waals surface area (Å²) in [7, 11) is -3.69. The molecule has 0 atom stereocenters. The van der Waals surface area contributed by atoms with Crippen LogP contribution in [0.5, 0.6) is 5.75 Å². The molecule has 2 amide bonds. The van der Waals surface area contributed by atoms with Crippen LogP contribution in [0, 0.1) is 0 Å². The average molecular weight is 525 g/mol. The van der Waals surface area contributed by atoms with Gasteiger partial charge in [0.05, 0.1) is 18.2 Å². The minimum atomic E-state index is -3.69. The van der Waals surface area contributed by atoms with E-state index in [0.717, 1.165) is 10.6 Å². The molecule has 2 aromatic rings. The zero-order valence-electron chi connectivity index (χ0n) is 17.9. The number of anilines is 1. The van der Waals surface area contributed by atoms with E-state index in [4.69, 9.17) is 4.74 Å². The molecule has 0 unspecified atom stereocenters. The van der Waals surface area contributed by atoms with Crippen LogP contribution in [0.25, 0.3) is 0 Å². The molecule has 0 aliphatic heterocycles. The van der Waals surface area contributed by atoms with Crippen molar-refractivity contribution in [1.29, 1.82) is 0 Å². The van der Waals surface area contributed by atoms with Gasteiger partial charge in [0.25, 0.3) is 11.8 Å². The van der Waals surface area contributed by atoms with Crippen molar-refractivity contribution in [2.45, 2.75) is 19.9 Å². The van der Waals surface area contributed by atoms with Gasteiger partial charge < -0.3 is 10.1 Å². The van der Waals surface area contributed by atoms with E-state index in [9.17, 15) is 18.0 Å². The van der Waals surface area contributed by atoms with Crippen molar-refractivity contribution in [1.82, 2.24) is 10.7 Å². The van der Waals surface area contributed by atoms with Crippen LogP contribution in [0.2, 0.25) is 0 Å². The number of nitrogens with one attached hydrogen (secondary N) is 2. The van der Waals surface area contributed by atoms with Gasteiger partial charge >= 0.3 is 0 Å². The Morgan fingerprint density at radius 2 is 1.78 bits per heavy atom. The zero-order valence-corrected chi connectivity index (χ0v) is 20.3. The third-order valence-corrected chi connectivity index (χ3v) is 5.71. The number of sulfonamides is 1. The van der Waals surface area contributed by atoms with Crippen LogP contribution >= 0.6 is 15.9 Å². The van der Waals surface area contributed by atoms with Crippen molar-refractivity contribution in [2.75, 3.05) is 23.7 Å². The van der Waals surface area contributed by atoms with Gasteiger partial charge in [-0.25, -0.2) is 13.8 Å². The Balaban J connectivity index is 1.92. The van der Waals surface area contributed by atoms with Gasteiger partial charge in [0.2, 0.25) is 10.0 Å². The first-order valence-electron chi connectivity index (χ1n) is 9.62. The minimum Gasteiger partial charge on any atom is -0.484 e. The number of amides is 2. The van der Waals surface area contributed by atoms with Crippen molar-refractivity contribution in [3.05, 3.63) is 58.6 Å². The van der Waals surface area contributed by atoms with Crippen molar-refractivity contribution in [3.8, 4) is 5.75 Å². The lowest BCUT2D eigenvalue weighted by Gasteiger charge is -2.22. The number of benzene rings is 2. The van der Waals surface area contributed by atoms with Crippen LogP contribution in [-0.4, -0.2) is 51.9 Å². The van der Waals surface area contributed by atoms with Gasteiger partial charge in [-0.15, -0.1) is 0 Å². The smallest absolute Gasteiger partial charge is 0.260 e. The molecular formula is C21H25BrN4O5S. The Bertz CT molecular complexity index is 1070. The van der Waals surface area contributed by atoms with Crippen LogP contribution in [-0.2, 0) is 19.6 Å². The number of ether oxygens (including phenoxy) is 1. The van der Waals surface area contributed by atoms with Gasteiger partial charge in [-0.3, -0.25) is 13.9 Å². The molecule has 0 fully saturated rings. The fourth-order valence-electron chi connectivity index (χ4n) is 2.54. The predicted octanol–water partition coefficient (Wildman–Crippen LogP) is 2.27. The maximum Gasteiger partial charge on any atom is 0.260 e. The van der Waals surface area contributed by atoms with Crippen LogP contribution in [0.3, 0.4) is 0 Å². The lowest BCUT2D eigenvalue weighted by Crippen LogP contribution is -2.39. The first-order chi connectivity index (χ1) is 15.1. The van der Waals surface area contributed by atoms with Crippen molar-refractivity contribution in [3.63, 3.8) is 0 Å². The Morgan fingerprint density at radius 1 is 1.12 bits per heavy atom. The number of nitrogens with zero attached hydrogens (tertiary/aromatic N) is 2. The van der Waals surface area contributed by atoms with E-state index in [1.165, 1.54) is 6.21 Å². The molecular weight excluding hydrogens is 500 g/mol. The quantitative estimate of drug-likeness (QED) is 0.365. The molecule has 0 aliphatic carbocycles. The van der Waals surface area contributed by atoms with Gasteiger partial charge in [-0.05, 0) is 71.7 Å². The van der Waals surface area contributed by atoms with Crippen molar-refractivity contribution in [2.24, 2.45) is 5.10 Å². The monoisotopic (exact) mass is 524 g/mol. The van der Waals surface area contributed by atoms with Crippen LogP contribution < -0.4 is 19.8 Å². The summed E-state index contributed by atoms with van der Waals surface area (Å²) >= 11 is 3.30. The highest BCUT2D eigenvalue weighted by Crippen LogP contribution is 2.27. The SMILES string of the molecule is CC(C)NC(=O)COc1ccc(/C=N\NC(=O)CN(c2ccccc2Br)S(C)(=O)=O)cc1. The second-order valence-corrected chi connectivity index (χ2v) is 9.86. The predicted molar refractivity (Wildman–Crippen MR) is 127 cm³/mol. The van der Waals surface area contributed by atoms with E-state index in [-0.39, 0.29) is 18.6 Å². The summed E-state index contributed by atoms with van der Waals surface area (Å²) in [5.41, 5.74) is 3.35. The summed E-state index contributed by atoms with van der Waals surface area (Å²) in [6.45, 7) is 3.22. The lowest BCUT2D eigenvalue weighted by molar-refractivity contribution is -0.123. The van der Waals surface area contributed by atoms with Crippen molar-refractivity contribution >= 4 is 49.7 Å². The van der Waals surface area contributed by atoms with Gasteiger partial charge in [0.15, 0.2) is 6.61 Å². The summed E-state index contributed by atoms with van der Waals surface area (Å²) in [6, 6.07) is 13.5. The molecule has 0 bridgehead atoms. The largest absolute Gasteiger partial charge is 0.484 e. The number of rotatable bonds is 10. The minimum absolute atomic E-state index is 0.0404. The summed E-state index contributed by atoms with van der Waals surface area (Å²) in [5.74, 6) is -0.292. The second-order valence-electron chi connectivity index (χ2n) is 7.09. The Kier molecular flexibility index (Phi) is 9.21. The molecule has 2 N–H and O–H groups in total. The molecule has 172 valence electrons. The normalized spacial score (nSPS) is 11.4. The maximum absolute atomic E-state index is 12.3. The van der Waals surface area contributed by atoms with E-state index in [1.54, 1.807) is 48.5 Å². The number of hydrogen-bond acceptors (Lipinski definition) is 6. The first-order valence-corrected chi connectivity index (χ1v) is 12.3. The molecule has 11 heteroatoms. The summed E-state index contributed by atoms with van der Waals surface area (Å²) in [4.78, 5) is 23.9. The first kappa shape index (κ1) is 25.3. The highest BCUT2D eigenvalue weighted by molar-refractivity contribution is 9.10. The van der Waals surface area contributed by atoms with Gasteiger partial charge in [-0.2, -0.15) is 5.10 Å². The van der Waals surface area contributed by atoms with Gasteiger partial charge in [0, 0.05) is 10.5 Å². The zero-order chi connectivity index (χ0) is 23.7. The number of para-hydroxylation sites is 1. The fraction of sp³-hybridized carbons (Fsp3) is 0.286. The molecule has 0 radical (unpaired) electrons. The molecule has 9 nitrogen and oxygen atoms in total. The number of hydrogen-bond donors (Lipinski definition) is 2. The fourth-order valence-corrected chi connectivity index (χ4v) is 4.03. The van der Waals surface area contributed by atoms with Crippen LogP contribution in [0.4, 0.5) is 5.69 Å². The number of carbonyl (C=O) groups is 2. The standard InChI is InChI=1S/C21H25BrN4O5S/c1-15(2)24-21(28)14-31-17-10-8-16(9-11-17)12-23-25-20(27)13-26(32(3,29)30)19-7-5-4-6-18(19)22/h4-12,15H,13-14H2,1-3H3,(H,24,28)(H,25,27)/b23-12-. The van der Waals surface area contributed by atoms with E-state index >= 15 is 0 Å². The molecule has 0 spiro atoms. The van der Waals surface area contributed by atoms with Gasteiger partial charge in [0.1, 0.15) is 12.3 Å². The summed E-state index contributed by atoms with van der Waals surface area (Å²) in [6.07, 6.45) is 2.44. The second kappa shape index (κ2) is 11.6. The van der Waals surface area contributed by atoms with E-state index in [0.29, 0.717) is 21.5 Å². The highest BCUT2D eigenvalue weighted by atomic mass is 79.9. The summed E-state index contributed by atoms with van der Waals surface area (Å²) in [5, 5.41) is 6.60. The Labute approximate surface area is 196 Å². The molecule has 2 aromatic carbocycles. The molecule has 0 heterocycles. The molecule has 0 saturated carbocycles. The Morgan fingerprint density at radius 3 is 2.38 bits per heavy atom. The lowest BCUT2D eigenvalue weighted by atomic mass is 10.2. The van der Waals surface area contributed by atoms with Crippen LogP contribution in [0.15, 0.2) is 58.1 Å². The molecule has 32 heavy (non-hydrogen) atoms. The van der Waals surface area contributed by atoms with E-state index in [2.05, 4.69) is 31.8 Å². The van der Waals surface area contributed by atoms with E-state index < -0.39 is 22.5 Å². The van der Waals surface area contributed by atoms with Gasteiger partial charge in [-0.1, -0.05) is 12.1 Å². The molecule has 0 aliphatic rings. The molecule has 0 saturated heterocycles. The van der Waals surface area contributed by atoms with Crippen molar-refractivity contribution < 1.29 is 22.7 Å².